The number of nitrogens with zero attached hydrogens (tertiary/aromatic N) is 1. The number of aromatic nitrogens is 1. The fourth-order valence-corrected chi connectivity index (χ4v) is 2.49. The second-order valence-corrected chi connectivity index (χ2v) is 4.56. The lowest BCUT2D eigenvalue weighted by molar-refractivity contribution is 0.230. The number of pyridine rings is 1. The summed E-state index contributed by atoms with van der Waals surface area (Å²) in [5.41, 5.74) is 2.60. The number of hydrogen-bond acceptors (Lipinski definition) is 3. The van der Waals surface area contributed by atoms with E-state index in [1.807, 2.05) is 6.20 Å². The van der Waals surface area contributed by atoms with Gasteiger partial charge in [-0.2, -0.15) is 0 Å². The average Bonchev–Trinajstić information content (AvgIpc) is 2.31. The fraction of sp³-hybridized carbons (Fsp3) is 0.462. The van der Waals surface area contributed by atoms with Gasteiger partial charge in [0.05, 0.1) is 13.3 Å². The molecule has 0 saturated carbocycles. The summed E-state index contributed by atoms with van der Waals surface area (Å²) in [5.74, 6) is 1.70. The fourth-order valence-electron chi connectivity index (χ4n) is 2.49. The summed E-state index contributed by atoms with van der Waals surface area (Å²) in [7, 11) is 1.68. The number of hydrogen-bond donors (Lipinski definition) is 1. The Morgan fingerprint density at radius 3 is 3.06 bits per heavy atom. The number of fused-ring (bicyclic) bond motifs is 1. The van der Waals surface area contributed by atoms with E-state index in [0.717, 1.165) is 18.1 Å². The summed E-state index contributed by atoms with van der Waals surface area (Å²) in [6.45, 7) is 1.19. The van der Waals surface area contributed by atoms with Crippen molar-refractivity contribution in [3.05, 3.63) is 30.1 Å². The lowest BCUT2D eigenvalue weighted by atomic mass is 9.78. The van der Waals surface area contributed by atoms with Crippen molar-refractivity contribution >= 4 is 5.57 Å². The van der Waals surface area contributed by atoms with Gasteiger partial charge < -0.3 is 10.1 Å². The lowest BCUT2D eigenvalue weighted by Crippen LogP contribution is -2.53. The topological polar surface area (TPSA) is 34.1 Å². The SMILES string of the molecule is COc1cncc(C2=CCC3CNC3C2)c1. The van der Waals surface area contributed by atoms with E-state index in [4.69, 9.17) is 4.74 Å². The van der Waals surface area contributed by atoms with Crippen molar-refractivity contribution in [1.82, 2.24) is 10.3 Å². The molecule has 3 rings (SSSR count). The highest BCUT2D eigenvalue weighted by Crippen LogP contribution is 2.34. The molecule has 3 heteroatoms. The first-order valence-corrected chi connectivity index (χ1v) is 5.78. The van der Waals surface area contributed by atoms with Crippen molar-refractivity contribution in [2.45, 2.75) is 18.9 Å². The van der Waals surface area contributed by atoms with Gasteiger partial charge in [-0.1, -0.05) is 6.08 Å². The van der Waals surface area contributed by atoms with Gasteiger partial charge in [-0.3, -0.25) is 4.98 Å². The number of ether oxygens (including phenoxy) is 1. The van der Waals surface area contributed by atoms with Crippen molar-refractivity contribution in [2.24, 2.45) is 5.92 Å². The molecule has 0 aromatic carbocycles. The highest BCUT2D eigenvalue weighted by Gasteiger charge is 2.32. The van der Waals surface area contributed by atoms with E-state index in [1.165, 1.54) is 24.1 Å². The van der Waals surface area contributed by atoms with E-state index in [1.54, 1.807) is 13.3 Å². The van der Waals surface area contributed by atoms with Gasteiger partial charge in [0, 0.05) is 18.8 Å². The summed E-state index contributed by atoms with van der Waals surface area (Å²) >= 11 is 0. The van der Waals surface area contributed by atoms with Crippen LogP contribution in [-0.2, 0) is 0 Å². The van der Waals surface area contributed by atoms with Crippen LogP contribution in [0.2, 0.25) is 0 Å². The second-order valence-electron chi connectivity index (χ2n) is 4.56. The number of rotatable bonds is 2. The first-order chi connectivity index (χ1) is 7.86. The molecule has 2 heterocycles. The van der Waals surface area contributed by atoms with Crippen LogP contribution >= 0.6 is 0 Å². The first kappa shape index (κ1) is 9.85. The molecule has 1 aromatic heterocycles. The summed E-state index contributed by atoms with van der Waals surface area (Å²) in [6, 6.07) is 2.75. The molecule has 0 spiro atoms. The lowest BCUT2D eigenvalue weighted by Gasteiger charge is -2.41. The summed E-state index contributed by atoms with van der Waals surface area (Å²) < 4.78 is 5.20. The van der Waals surface area contributed by atoms with Crippen molar-refractivity contribution in [3.63, 3.8) is 0 Å². The van der Waals surface area contributed by atoms with Crippen molar-refractivity contribution in [2.75, 3.05) is 13.7 Å². The Bertz CT molecular complexity index is 428. The molecule has 2 unspecified atom stereocenters. The third-order valence-corrected chi connectivity index (χ3v) is 3.64. The Morgan fingerprint density at radius 2 is 2.38 bits per heavy atom. The molecule has 1 saturated heterocycles. The van der Waals surface area contributed by atoms with Crippen molar-refractivity contribution in [1.29, 1.82) is 0 Å². The average molecular weight is 216 g/mol. The Balaban J connectivity index is 1.85. The monoisotopic (exact) mass is 216 g/mol. The van der Waals surface area contributed by atoms with Gasteiger partial charge in [0.1, 0.15) is 5.75 Å². The Labute approximate surface area is 95.5 Å². The molecule has 2 atom stereocenters. The molecular weight excluding hydrogens is 200 g/mol. The predicted molar refractivity (Wildman–Crippen MR) is 63.3 cm³/mol. The van der Waals surface area contributed by atoms with Gasteiger partial charge in [0.15, 0.2) is 0 Å². The van der Waals surface area contributed by atoms with Gasteiger partial charge in [0.2, 0.25) is 0 Å². The maximum atomic E-state index is 5.20. The van der Waals surface area contributed by atoms with E-state index >= 15 is 0 Å². The quantitative estimate of drug-likeness (QED) is 0.819. The van der Waals surface area contributed by atoms with E-state index in [0.29, 0.717) is 6.04 Å². The van der Waals surface area contributed by atoms with Crippen LogP contribution in [0.25, 0.3) is 5.57 Å². The number of nitrogens with one attached hydrogen (secondary N) is 1. The molecule has 0 amide bonds. The minimum atomic E-state index is 0.686. The molecule has 1 aromatic rings. The van der Waals surface area contributed by atoms with Crippen LogP contribution < -0.4 is 10.1 Å². The molecule has 84 valence electrons. The predicted octanol–water partition coefficient (Wildman–Crippen LogP) is 1.86. The largest absolute Gasteiger partial charge is 0.495 e. The van der Waals surface area contributed by atoms with Gasteiger partial charge in [-0.05, 0) is 36.0 Å². The molecule has 16 heavy (non-hydrogen) atoms. The maximum Gasteiger partial charge on any atom is 0.137 e. The van der Waals surface area contributed by atoms with Crippen molar-refractivity contribution < 1.29 is 4.74 Å². The minimum Gasteiger partial charge on any atom is -0.495 e. The zero-order valence-electron chi connectivity index (χ0n) is 9.44. The summed E-state index contributed by atoms with van der Waals surface area (Å²) in [6.07, 6.45) is 8.35. The van der Waals surface area contributed by atoms with Gasteiger partial charge in [0.25, 0.3) is 0 Å². The molecule has 1 fully saturated rings. The van der Waals surface area contributed by atoms with E-state index in [2.05, 4.69) is 22.4 Å². The van der Waals surface area contributed by atoms with Crippen LogP contribution in [0.3, 0.4) is 0 Å². The van der Waals surface area contributed by atoms with Crippen LogP contribution in [0.5, 0.6) is 5.75 Å². The highest BCUT2D eigenvalue weighted by molar-refractivity contribution is 5.67. The van der Waals surface area contributed by atoms with E-state index in [9.17, 15) is 0 Å². The van der Waals surface area contributed by atoms with Crippen LogP contribution in [0.4, 0.5) is 0 Å². The molecule has 1 aliphatic carbocycles. The number of methoxy groups -OCH3 is 1. The Kier molecular flexibility index (Phi) is 2.40. The second kappa shape index (κ2) is 3.91. The highest BCUT2D eigenvalue weighted by atomic mass is 16.5. The normalized spacial score (nSPS) is 27.7. The van der Waals surface area contributed by atoms with Crippen LogP contribution in [0, 0.1) is 5.92 Å². The zero-order valence-corrected chi connectivity index (χ0v) is 9.44. The number of allylic oxidation sites excluding steroid dienone is 1. The molecule has 1 aliphatic heterocycles. The Hall–Kier alpha value is -1.35. The van der Waals surface area contributed by atoms with Crippen LogP contribution in [0.1, 0.15) is 18.4 Å². The van der Waals surface area contributed by atoms with Crippen molar-refractivity contribution in [3.8, 4) is 5.75 Å². The van der Waals surface area contributed by atoms with Gasteiger partial charge >= 0.3 is 0 Å². The summed E-state index contributed by atoms with van der Waals surface area (Å²) in [5, 5.41) is 3.48. The third kappa shape index (κ3) is 1.61. The van der Waals surface area contributed by atoms with Gasteiger partial charge in [-0.25, -0.2) is 0 Å². The maximum absolute atomic E-state index is 5.20. The first-order valence-electron chi connectivity index (χ1n) is 5.78. The molecule has 0 radical (unpaired) electrons. The van der Waals surface area contributed by atoms with E-state index in [-0.39, 0.29) is 0 Å². The van der Waals surface area contributed by atoms with Crippen LogP contribution in [0.15, 0.2) is 24.5 Å². The minimum absolute atomic E-state index is 0.686. The van der Waals surface area contributed by atoms with Crippen LogP contribution in [-0.4, -0.2) is 24.7 Å². The van der Waals surface area contributed by atoms with E-state index < -0.39 is 0 Å². The molecule has 3 nitrogen and oxygen atoms in total. The smallest absolute Gasteiger partial charge is 0.137 e. The standard InChI is InChI=1S/C13H16N2O/c1-16-12-4-11(6-14-8-12)9-2-3-10-7-15-13(10)5-9/h2,4,6,8,10,13,15H,3,5,7H2,1H3. The molecular formula is C13H16N2O. The molecule has 1 N–H and O–H groups in total. The molecule has 2 aliphatic rings. The molecule has 0 bridgehead atoms. The Morgan fingerprint density at radius 1 is 1.44 bits per heavy atom. The van der Waals surface area contributed by atoms with Gasteiger partial charge in [-0.15, -0.1) is 0 Å². The summed E-state index contributed by atoms with van der Waals surface area (Å²) in [4.78, 5) is 4.21. The third-order valence-electron chi connectivity index (χ3n) is 3.64. The zero-order chi connectivity index (χ0) is 11.0.